The third kappa shape index (κ3) is 3.88. The maximum Gasteiger partial charge on any atom is 0.325 e. The lowest BCUT2D eigenvalue weighted by Gasteiger charge is -2.27. The Labute approximate surface area is 170 Å². The molecule has 1 aliphatic heterocycles. The fraction of sp³-hybridized carbons (Fsp3) is 0.348. The van der Waals surface area contributed by atoms with Crippen molar-refractivity contribution >= 4 is 17.8 Å². The van der Waals surface area contributed by atoms with Crippen molar-refractivity contribution in [2.24, 2.45) is 0 Å². The average molecular weight is 391 g/mol. The number of benzene rings is 2. The fourth-order valence-corrected chi connectivity index (χ4v) is 4.30. The zero-order valence-corrected chi connectivity index (χ0v) is 16.3. The smallest absolute Gasteiger partial charge is 0.325 e. The summed E-state index contributed by atoms with van der Waals surface area (Å²) in [7, 11) is 0. The minimum Gasteiger partial charge on any atom is -0.352 e. The Bertz CT molecular complexity index is 894. The van der Waals surface area contributed by atoms with Crippen molar-refractivity contribution in [2.45, 2.75) is 43.7 Å². The van der Waals surface area contributed by atoms with Gasteiger partial charge >= 0.3 is 6.03 Å². The van der Waals surface area contributed by atoms with Crippen molar-refractivity contribution in [3.05, 3.63) is 71.8 Å². The average Bonchev–Trinajstić information content (AvgIpc) is 3.32. The Kier molecular flexibility index (Phi) is 5.34. The fourth-order valence-electron chi connectivity index (χ4n) is 4.30. The number of hydrogen-bond donors (Lipinski definition) is 2. The van der Waals surface area contributed by atoms with E-state index in [1.807, 2.05) is 60.7 Å². The van der Waals surface area contributed by atoms with Crippen LogP contribution in [0.4, 0.5) is 4.79 Å². The van der Waals surface area contributed by atoms with Crippen molar-refractivity contribution in [3.63, 3.8) is 0 Å². The molecule has 0 aromatic heterocycles. The van der Waals surface area contributed by atoms with Gasteiger partial charge in [-0.3, -0.25) is 14.5 Å². The molecular formula is C23H25N3O3. The van der Waals surface area contributed by atoms with Gasteiger partial charge in [-0.25, -0.2) is 4.79 Å². The first-order chi connectivity index (χ1) is 14.1. The van der Waals surface area contributed by atoms with E-state index in [4.69, 9.17) is 0 Å². The van der Waals surface area contributed by atoms with Gasteiger partial charge in [-0.15, -0.1) is 0 Å². The monoisotopic (exact) mass is 391 g/mol. The molecule has 2 aliphatic rings. The van der Waals surface area contributed by atoms with E-state index in [0.717, 1.165) is 36.1 Å². The molecule has 2 aromatic carbocycles. The molecule has 6 heteroatoms. The Morgan fingerprint density at radius 2 is 1.62 bits per heavy atom. The van der Waals surface area contributed by atoms with E-state index >= 15 is 0 Å². The first-order valence-corrected chi connectivity index (χ1v) is 10.1. The van der Waals surface area contributed by atoms with E-state index in [2.05, 4.69) is 10.6 Å². The van der Waals surface area contributed by atoms with Crippen molar-refractivity contribution < 1.29 is 14.4 Å². The second kappa shape index (κ2) is 8.07. The van der Waals surface area contributed by atoms with Gasteiger partial charge in [0.15, 0.2) is 5.54 Å². The van der Waals surface area contributed by atoms with Crippen LogP contribution in [0.3, 0.4) is 0 Å². The topological polar surface area (TPSA) is 78.5 Å². The van der Waals surface area contributed by atoms with Gasteiger partial charge < -0.3 is 10.6 Å². The summed E-state index contributed by atoms with van der Waals surface area (Å²) >= 11 is 0. The molecule has 0 spiro atoms. The van der Waals surface area contributed by atoms with Crippen molar-refractivity contribution in [2.75, 3.05) is 6.54 Å². The third-order valence-electron chi connectivity index (χ3n) is 5.78. The van der Waals surface area contributed by atoms with Gasteiger partial charge in [0.05, 0.1) is 0 Å². The Morgan fingerprint density at radius 1 is 1.00 bits per heavy atom. The predicted octanol–water partition coefficient (Wildman–Crippen LogP) is 2.74. The molecule has 0 unspecified atom stereocenters. The zero-order valence-electron chi connectivity index (χ0n) is 16.3. The van der Waals surface area contributed by atoms with Crippen LogP contribution >= 0.6 is 0 Å². The number of nitrogens with zero attached hydrogens (tertiary/aromatic N) is 1. The molecule has 2 fully saturated rings. The first kappa shape index (κ1) is 19.2. The van der Waals surface area contributed by atoms with E-state index in [-0.39, 0.29) is 24.4 Å². The summed E-state index contributed by atoms with van der Waals surface area (Å²) in [5.41, 5.74) is 0.427. The van der Waals surface area contributed by atoms with E-state index < -0.39 is 11.6 Å². The molecule has 1 saturated heterocycles. The second-order valence-electron chi connectivity index (χ2n) is 7.80. The summed E-state index contributed by atoms with van der Waals surface area (Å²) in [6.07, 6.45) is 4.43. The van der Waals surface area contributed by atoms with Crippen LogP contribution in [-0.2, 0) is 21.5 Å². The van der Waals surface area contributed by atoms with Crippen molar-refractivity contribution in [1.29, 1.82) is 0 Å². The lowest BCUT2D eigenvalue weighted by molar-refractivity contribution is -0.135. The number of hydrogen-bond acceptors (Lipinski definition) is 3. The van der Waals surface area contributed by atoms with Gasteiger partial charge in [0, 0.05) is 12.5 Å². The molecule has 2 aromatic rings. The van der Waals surface area contributed by atoms with Gasteiger partial charge in [-0.05, 0) is 24.0 Å². The normalized spacial score (nSPS) is 22.0. The van der Waals surface area contributed by atoms with E-state index in [1.54, 1.807) is 0 Å². The van der Waals surface area contributed by atoms with E-state index in [0.29, 0.717) is 12.0 Å². The number of nitrogens with one attached hydrogen (secondary N) is 2. The predicted molar refractivity (Wildman–Crippen MR) is 109 cm³/mol. The molecule has 4 amide bonds. The third-order valence-corrected chi connectivity index (χ3v) is 5.78. The molecule has 0 bridgehead atoms. The SMILES string of the molecule is O=C(CN1C(=O)N[C@@](Cc2ccccc2)(c2ccccc2)C1=O)NC1CCCC1. The molecule has 29 heavy (non-hydrogen) atoms. The lowest BCUT2D eigenvalue weighted by atomic mass is 9.83. The van der Waals surface area contributed by atoms with Crippen LogP contribution in [0, 0.1) is 0 Å². The highest BCUT2D eigenvalue weighted by Crippen LogP contribution is 2.33. The maximum absolute atomic E-state index is 13.5. The van der Waals surface area contributed by atoms with Gasteiger partial charge in [0.2, 0.25) is 5.91 Å². The van der Waals surface area contributed by atoms with Gasteiger partial charge in [0.25, 0.3) is 5.91 Å². The van der Waals surface area contributed by atoms with Crippen LogP contribution < -0.4 is 10.6 Å². The molecule has 6 nitrogen and oxygen atoms in total. The van der Waals surface area contributed by atoms with Crippen LogP contribution in [0.2, 0.25) is 0 Å². The molecule has 2 N–H and O–H groups in total. The summed E-state index contributed by atoms with van der Waals surface area (Å²) in [6.45, 7) is -0.259. The standard InChI is InChI=1S/C23H25N3O3/c27-20(24-19-13-7-8-14-19)16-26-21(28)23(25-22(26)29,18-11-5-2-6-12-18)15-17-9-3-1-4-10-17/h1-6,9-12,19H,7-8,13-16H2,(H,24,27)(H,25,29)/t23-/m0/s1. The summed E-state index contributed by atoms with van der Waals surface area (Å²) in [6, 6.07) is 18.4. The summed E-state index contributed by atoms with van der Waals surface area (Å²) in [4.78, 5) is 39.7. The Hall–Kier alpha value is -3.15. The Morgan fingerprint density at radius 3 is 2.28 bits per heavy atom. The summed E-state index contributed by atoms with van der Waals surface area (Å²) in [5.74, 6) is -0.678. The number of rotatable bonds is 6. The highest BCUT2D eigenvalue weighted by atomic mass is 16.2. The van der Waals surface area contributed by atoms with Crippen LogP contribution in [-0.4, -0.2) is 35.3 Å². The summed E-state index contributed by atoms with van der Waals surface area (Å²) < 4.78 is 0. The van der Waals surface area contributed by atoms with E-state index in [9.17, 15) is 14.4 Å². The quantitative estimate of drug-likeness (QED) is 0.743. The largest absolute Gasteiger partial charge is 0.352 e. The van der Waals surface area contributed by atoms with Crippen molar-refractivity contribution in [3.8, 4) is 0 Å². The lowest BCUT2D eigenvalue weighted by Crippen LogP contribution is -2.47. The molecular weight excluding hydrogens is 366 g/mol. The van der Waals surface area contributed by atoms with Crippen LogP contribution in [0.1, 0.15) is 36.8 Å². The molecule has 150 valence electrons. The van der Waals surface area contributed by atoms with Gasteiger partial charge in [-0.1, -0.05) is 73.5 Å². The van der Waals surface area contributed by atoms with E-state index in [1.165, 1.54) is 0 Å². The number of carbonyl (C=O) groups is 3. The second-order valence-corrected chi connectivity index (χ2v) is 7.80. The molecule has 1 saturated carbocycles. The van der Waals surface area contributed by atoms with Gasteiger partial charge in [0.1, 0.15) is 6.54 Å². The van der Waals surface area contributed by atoms with Crippen LogP contribution in [0.5, 0.6) is 0 Å². The molecule has 4 rings (SSSR count). The first-order valence-electron chi connectivity index (χ1n) is 10.1. The molecule has 1 atom stereocenters. The van der Waals surface area contributed by atoms with Crippen LogP contribution in [0.25, 0.3) is 0 Å². The minimum atomic E-state index is -1.21. The highest BCUT2D eigenvalue weighted by molar-refractivity contribution is 6.09. The molecule has 1 aliphatic carbocycles. The molecule has 1 heterocycles. The number of urea groups is 1. The molecule has 0 radical (unpaired) electrons. The Balaban J connectivity index is 1.59. The number of amides is 4. The van der Waals surface area contributed by atoms with Crippen molar-refractivity contribution in [1.82, 2.24) is 15.5 Å². The summed E-state index contributed by atoms with van der Waals surface area (Å²) in [5, 5.41) is 5.84. The van der Waals surface area contributed by atoms with Gasteiger partial charge in [-0.2, -0.15) is 0 Å². The number of imide groups is 1. The highest BCUT2D eigenvalue weighted by Gasteiger charge is 2.52. The zero-order chi connectivity index (χ0) is 20.3. The number of carbonyl (C=O) groups excluding carboxylic acids is 3. The maximum atomic E-state index is 13.5. The minimum absolute atomic E-state index is 0.145. The van der Waals surface area contributed by atoms with Crippen LogP contribution in [0.15, 0.2) is 60.7 Å².